The summed E-state index contributed by atoms with van der Waals surface area (Å²) in [6.45, 7) is 3.98. The minimum absolute atomic E-state index is 0.0506. The average Bonchev–Trinajstić information content (AvgIpc) is 2.86. The molecule has 0 spiro atoms. The Labute approximate surface area is 123 Å². The van der Waals surface area contributed by atoms with E-state index in [0.717, 1.165) is 28.2 Å². The van der Waals surface area contributed by atoms with Gasteiger partial charge in [0.05, 0.1) is 23.7 Å². The van der Waals surface area contributed by atoms with E-state index in [0.29, 0.717) is 5.69 Å². The molecule has 3 rings (SSSR count). The monoisotopic (exact) mass is 279 g/mol. The van der Waals surface area contributed by atoms with Gasteiger partial charge in [-0.15, -0.1) is 0 Å². The molecule has 0 amide bonds. The van der Waals surface area contributed by atoms with Crippen molar-refractivity contribution in [2.24, 2.45) is 0 Å². The van der Waals surface area contributed by atoms with Crippen molar-refractivity contribution in [3.8, 4) is 16.8 Å². The molecule has 4 nitrogen and oxygen atoms in total. The van der Waals surface area contributed by atoms with E-state index in [1.54, 1.807) is 6.20 Å². The number of aromatic nitrogens is 3. The number of aliphatic hydroxyl groups is 1. The van der Waals surface area contributed by atoms with E-state index in [1.807, 2.05) is 48.9 Å². The number of aryl methyl sites for hydroxylation is 2. The van der Waals surface area contributed by atoms with E-state index in [4.69, 9.17) is 0 Å². The zero-order valence-electron chi connectivity index (χ0n) is 12.1. The zero-order chi connectivity index (χ0) is 14.8. The molecule has 0 aliphatic rings. The van der Waals surface area contributed by atoms with Gasteiger partial charge in [0.25, 0.3) is 0 Å². The fourth-order valence-electron chi connectivity index (χ4n) is 2.45. The van der Waals surface area contributed by atoms with Crippen LogP contribution in [0, 0.1) is 13.8 Å². The summed E-state index contributed by atoms with van der Waals surface area (Å²) < 4.78 is 1.94. The highest BCUT2D eigenvalue weighted by Crippen LogP contribution is 2.23. The number of aliphatic hydroxyl groups excluding tert-OH is 1. The third-order valence-electron chi connectivity index (χ3n) is 3.41. The first kappa shape index (κ1) is 13.5. The van der Waals surface area contributed by atoms with Gasteiger partial charge in [0.15, 0.2) is 0 Å². The maximum absolute atomic E-state index is 9.20. The Morgan fingerprint density at radius 1 is 1.05 bits per heavy atom. The van der Waals surface area contributed by atoms with Crippen LogP contribution in [0.4, 0.5) is 0 Å². The first-order valence-corrected chi connectivity index (χ1v) is 6.87. The minimum atomic E-state index is -0.0506. The lowest BCUT2D eigenvalue weighted by atomic mass is 10.1. The number of hydrogen-bond acceptors (Lipinski definition) is 3. The van der Waals surface area contributed by atoms with E-state index in [2.05, 4.69) is 22.2 Å². The second kappa shape index (κ2) is 5.50. The molecule has 0 bridgehead atoms. The average molecular weight is 279 g/mol. The summed E-state index contributed by atoms with van der Waals surface area (Å²) in [6.07, 6.45) is 1.72. The molecule has 1 aromatic carbocycles. The molecule has 3 aromatic rings. The van der Waals surface area contributed by atoms with Crippen molar-refractivity contribution in [1.29, 1.82) is 0 Å². The summed E-state index contributed by atoms with van der Waals surface area (Å²) in [6, 6.07) is 14.1. The van der Waals surface area contributed by atoms with Crippen LogP contribution in [-0.4, -0.2) is 19.9 Å². The maximum Gasteiger partial charge on any atom is 0.0853 e. The van der Waals surface area contributed by atoms with Gasteiger partial charge < -0.3 is 5.11 Å². The molecule has 0 radical (unpaired) electrons. The Morgan fingerprint density at radius 2 is 1.86 bits per heavy atom. The SMILES string of the molecule is Cc1cc(C)n(-c2cccc(-c3ccnc(CO)c3)c2)n1. The Kier molecular flexibility index (Phi) is 3.54. The Bertz CT molecular complexity index is 777. The van der Waals surface area contributed by atoms with Crippen LogP contribution in [-0.2, 0) is 6.61 Å². The van der Waals surface area contributed by atoms with Crippen molar-refractivity contribution in [1.82, 2.24) is 14.8 Å². The van der Waals surface area contributed by atoms with Crippen LogP contribution in [0.3, 0.4) is 0 Å². The smallest absolute Gasteiger partial charge is 0.0853 e. The quantitative estimate of drug-likeness (QED) is 0.801. The fraction of sp³-hybridized carbons (Fsp3) is 0.176. The third kappa shape index (κ3) is 2.71. The summed E-state index contributed by atoms with van der Waals surface area (Å²) in [7, 11) is 0. The van der Waals surface area contributed by atoms with E-state index >= 15 is 0 Å². The number of hydrogen-bond donors (Lipinski definition) is 1. The molecular formula is C17H17N3O. The molecule has 2 heterocycles. The summed E-state index contributed by atoms with van der Waals surface area (Å²) >= 11 is 0. The Balaban J connectivity index is 2.05. The van der Waals surface area contributed by atoms with Crippen LogP contribution in [0.25, 0.3) is 16.8 Å². The molecule has 0 aliphatic carbocycles. The van der Waals surface area contributed by atoms with E-state index in [-0.39, 0.29) is 6.61 Å². The van der Waals surface area contributed by atoms with Gasteiger partial charge in [0.2, 0.25) is 0 Å². The second-order valence-corrected chi connectivity index (χ2v) is 5.08. The molecule has 21 heavy (non-hydrogen) atoms. The Morgan fingerprint density at radius 3 is 2.57 bits per heavy atom. The van der Waals surface area contributed by atoms with Crippen LogP contribution >= 0.6 is 0 Å². The largest absolute Gasteiger partial charge is 0.390 e. The first-order valence-electron chi connectivity index (χ1n) is 6.87. The minimum Gasteiger partial charge on any atom is -0.390 e. The molecule has 0 fully saturated rings. The van der Waals surface area contributed by atoms with Crippen LogP contribution in [0.15, 0.2) is 48.7 Å². The third-order valence-corrected chi connectivity index (χ3v) is 3.41. The van der Waals surface area contributed by atoms with Gasteiger partial charge in [-0.05, 0) is 55.3 Å². The van der Waals surface area contributed by atoms with Gasteiger partial charge in [-0.25, -0.2) is 4.68 Å². The zero-order valence-corrected chi connectivity index (χ0v) is 12.1. The lowest BCUT2D eigenvalue weighted by Gasteiger charge is -2.08. The second-order valence-electron chi connectivity index (χ2n) is 5.08. The van der Waals surface area contributed by atoms with Crippen molar-refractivity contribution < 1.29 is 5.11 Å². The lowest BCUT2D eigenvalue weighted by molar-refractivity contribution is 0.277. The van der Waals surface area contributed by atoms with Crippen LogP contribution in [0.5, 0.6) is 0 Å². The Hall–Kier alpha value is -2.46. The predicted octanol–water partition coefficient (Wildman–Crippen LogP) is 3.04. The first-order chi connectivity index (χ1) is 10.2. The normalized spacial score (nSPS) is 10.8. The predicted molar refractivity (Wildman–Crippen MR) is 82.2 cm³/mol. The summed E-state index contributed by atoms with van der Waals surface area (Å²) in [5, 5.41) is 13.7. The van der Waals surface area contributed by atoms with Gasteiger partial charge in [-0.3, -0.25) is 4.98 Å². The van der Waals surface area contributed by atoms with Gasteiger partial charge in [0.1, 0.15) is 0 Å². The molecule has 0 saturated carbocycles. The maximum atomic E-state index is 9.20. The van der Waals surface area contributed by atoms with E-state index < -0.39 is 0 Å². The standard InChI is InChI=1S/C17H17N3O/c1-12-8-13(2)20(19-12)17-5-3-4-14(10-17)15-6-7-18-16(9-15)11-21/h3-10,21H,11H2,1-2H3. The molecule has 106 valence electrons. The fourth-order valence-corrected chi connectivity index (χ4v) is 2.45. The topological polar surface area (TPSA) is 50.9 Å². The van der Waals surface area contributed by atoms with Crippen LogP contribution in [0.2, 0.25) is 0 Å². The van der Waals surface area contributed by atoms with Crippen molar-refractivity contribution in [3.63, 3.8) is 0 Å². The summed E-state index contributed by atoms with van der Waals surface area (Å²) in [5.74, 6) is 0. The van der Waals surface area contributed by atoms with Gasteiger partial charge in [-0.2, -0.15) is 5.10 Å². The van der Waals surface area contributed by atoms with Crippen molar-refractivity contribution in [3.05, 3.63) is 65.7 Å². The number of benzene rings is 1. The van der Waals surface area contributed by atoms with Gasteiger partial charge in [-0.1, -0.05) is 12.1 Å². The van der Waals surface area contributed by atoms with Gasteiger partial charge >= 0.3 is 0 Å². The summed E-state index contributed by atoms with van der Waals surface area (Å²) in [4.78, 5) is 4.11. The van der Waals surface area contributed by atoms with Gasteiger partial charge in [0, 0.05) is 11.9 Å². The van der Waals surface area contributed by atoms with Crippen LogP contribution in [0.1, 0.15) is 17.1 Å². The van der Waals surface area contributed by atoms with E-state index in [1.165, 1.54) is 0 Å². The molecule has 0 aliphatic heterocycles. The molecule has 4 heteroatoms. The highest BCUT2D eigenvalue weighted by molar-refractivity contribution is 5.66. The highest BCUT2D eigenvalue weighted by Gasteiger charge is 2.06. The highest BCUT2D eigenvalue weighted by atomic mass is 16.3. The van der Waals surface area contributed by atoms with Crippen LogP contribution < -0.4 is 0 Å². The van der Waals surface area contributed by atoms with Crippen molar-refractivity contribution >= 4 is 0 Å². The molecule has 1 N–H and O–H groups in total. The molecule has 0 unspecified atom stereocenters. The molecular weight excluding hydrogens is 262 g/mol. The molecule has 0 atom stereocenters. The number of rotatable bonds is 3. The molecule has 2 aromatic heterocycles. The lowest BCUT2D eigenvalue weighted by Crippen LogP contribution is -1.99. The van der Waals surface area contributed by atoms with Crippen molar-refractivity contribution in [2.45, 2.75) is 20.5 Å². The van der Waals surface area contributed by atoms with Crippen molar-refractivity contribution in [2.75, 3.05) is 0 Å². The summed E-state index contributed by atoms with van der Waals surface area (Å²) in [5.41, 5.74) is 5.93. The molecule has 0 saturated heterocycles. The van der Waals surface area contributed by atoms with E-state index in [9.17, 15) is 5.11 Å². The number of nitrogens with zero attached hydrogens (tertiary/aromatic N) is 3. The number of pyridine rings is 1.